The Morgan fingerprint density at radius 2 is 2.12 bits per heavy atom. The highest BCUT2D eigenvalue weighted by Gasteiger charge is 2.26. The topological polar surface area (TPSA) is 32.7 Å². The number of rotatable bonds is 3. The van der Waals surface area contributed by atoms with E-state index < -0.39 is 0 Å². The molecule has 16 heavy (non-hydrogen) atoms. The smallest absolute Gasteiger partial charge is 0.124 e. The zero-order valence-corrected chi connectivity index (χ0v) is 9.89. The molecule has 1 aromatic rings. The van der Waals surface area contributed by atoms with Gasteiger partial charge in [-0.1, -0.05) is 6.07 Å². The minimum absolute atomic E-state index is 0.0302. The summed E-state index contributed by atoms with van der Waals surface area (Å²) in [5, 5.41) is 9.69. The summed E-state index contributed by atoms with van der Waals surface area (Å²) < 4.78 is 5.80. The van der Waals surface area contributed by atoms with Gasteiger partial charge in [0.05, 0.1) is 6.10 Å². The number of benzene rings is 1. The molecular weight excluding hydrogens is 202 g/mol. The second-order valence-electron chi connectivity index (χ2n) is 4.55. The first kappa shape index (κ1) is 11.3. The molecule has 1 saturated carbocycles. The Bertz CT molecular complexity index is 352. The highest BCUT2D eigenvalue weighted by atomic mass is 16.5. The molecule has 0 spiro atoms. The lowest BCUT2D eigenvalue weighted by atomic mass is 10.2. The van der Waals surface area contributed by atoms with Crippen LogP contribution in [0.5, 0.6) is 5.75 Å². The molecule has 3 nitrogen and oxygen atoms in total. The Balaban J connectivity index is 2.06. The minimum Gasteiger partial charge on any atom is -0.488 e. The molecule has 0 heterocycles. The first-order valence-corrected chi connectivity index (χ1v) is 5.79. The van der Waals surface area contributed by atoms with Crippen molar-refractivity contribution >= 4 is 5.69 Å². The number of ether oxygens (including phenoxy) is 1. The third-order valence-corrected chi connectivity index (χ3v) is 3.04. The van der Waals surface area contributed by atoms with Crippen LogP contribution in [0.1, 0.15) is 19.3 Å². The number of hydrogen-bond donors (Lipinski definition) is 1. The van der Waals surface area contributed by atoms with Crippen molar-refractivity contribution in [3.63, 3.8) is 0 Å². The third kappa shape index (κ3) is 2.47. The number of aliphatic hydroxyl groups excluding tert-OH is 1. The zero-order chi connectivity index (χ0) is 11.5. The van der Waals surface area contributed by atoms with Gasteiger partial charge in [0, 0.05) is 25.8 Å². The van der Waals surface area contributed by atoms with Crippen LogP contribution in [-0.2, 0) is 0 Å². The average Bonchev–Trinajstić information content (AvgIpc) is 2.65. The molecule has 0 amide bonds. The van der Waals surface area contributed by atoms with Crippen LogP contribution < -0.4 is 9.64 Å². The highest BCUT2D eigenvalue weighted by Crippen LogP contribution is 2.26. The second-order valence-corrected chi connectivity index (χ2v) is 4.55. The lowest BCUT2D eigenvalue weighted by Gasteiger charge is -2.19. The van der Waals surface area contributed by atoms with E-state index in [0.717, 1.165) is 30.7 Å². The molecule has 2 rings (SSSR count). The van der Waals surface area contributed by atoms with E-state index in [-0.39, 0.29) is 12.2 Å². The molecule has 0 aromatic heterocycles. The first-order chi connectivity index (χ1) is 7.66. The van der Waals surface area contributed by atoms with E-state index in [2.05, 4.69) is 0 Å². The van der Waals surface area contributed by atoms with Gasteiger partial charge in [0.1, 0.15) is 11.9 Å². The molecule has 0 saturated heterocycles. The summed E-state index contributed by atoms with van der Waals surface area (Å²) in [6.07, 6.45) is 2.53. The van der Waals surface area contributed by atoms with Crippen molar-refractivity contribution in [2.75, 3.05) is 19.0 Å². The lowest BCUT2D eigenvalue weighted by Crippen LogP contribution is -2.25. The van der Waals surface area contributed by atoms with Crippen LogP contribution in [0.25, 0.3) is 0 Å². The predicted molar refractivity (Wildman–Crippen MR) is 65.0 cm³/mol. The van der Waals surface area contributed by atoms with E-state index in [4.69, 9.17) is 4.74 Å². The van der Waals surface area contributed by atoms with Crippen molar-refractivity contribution in [3.8, 4) is 5.75 Å². The molecule has 0 radical (unpaired) electrons. The molecule has 1 aromatic carbocycles. The van der Waals surface area contributed by atoms with E-state index in [1.165, 1.54) is 0 Å². The van der Waals surface area contributed by atoms with Crippen LogP contribution in [0, 0.1) is 0 Å². The summed E-state index contributed by atoms with van der Waals surface area (Å²) >= 11 is 0. The van der Waals surface area contributed by atoms with Crippen LogP contribution >= 0.6 is 0 Å². The third-order valence-electron chi connectivity index (χ3n) is 3.04. The van der Waals surface area contributed by atoms with Crippen molar-refractivity contribution in [3.05, 3.63) is 24.3 Å². The van der Waals surface area contributed by atoms with Crippen molar-refractivity contribution in [1.82, 2.24) is 0 Å². The van der Waals surface area contributed by atoms with E-state index in [9.17, 15) is 5.11 Å². The molecule has 1 fully saturated rings. The highest BCUT2D eigenvalue weighted by molar-refractivity contribution is 5.49. The van der Waals surface area contributed by atoms with Gasteiger partial charge in [0.15, 0.2) is 0 Å². The van der Waals surface area contributed by atoms with Gasteiger partial charge < -0.3 is 14.7 Å². The first-order valence-electron chi connectivity index (χ1n) is 5.79. The van der Waals surface area contributed by atoms with Gasteiger partial charge in [0.2, 0.25) is 0 Å². The van der Waals surface area contributed by atoms with E-state index in [0.29, 0.717) is 0 Å². The number of nitrogens with zero attached hydrogens (tertiary/aromatic N) is 1. The van der Waals surface area contributed by atoms with Gasteiger partial charge in [-0.05, 0) is 31.4 Å². The fraction of sp³-hybridized carbons (Fsp3) is 0.538. The van der Waals surface area contributed by atoms with Crippen LogP contribution in [0.15, 0.2) is 24.3 Å². The number of aliphatic hydroxyl groups is 1. The average molecular weight is 221 g/mol. The van der Waals surface area contributed by atoms with Gasteiger partial charge in [-0.25, -0.2) is 0 Å². The molecule has 0 bridgehead atoms. The number of anilines is 1. The Kier molecular flexibility index (Phi) is 3.34. The molecule has 2 unspecified atom stereocenters. The number of hydrogen-bond acceptors (Lipinski definition) is 3. The quantitative estimate of drug-likeness (QED) is 0.848. The van der Waals surface area contributed by atoms with E-state index >= 15 is 0 Å². The van der Waals surface area contributed by atoms with E-state index in [1.54, 1.807) is 0 Å². The maximum absolute atomic E-state index is 9.69. The van der Waals surface area contributed by atoms with Crippen LogP contribution in [0.3, 0.4) is 0 Å². The molecule has 88 valence electrons. The van der Waals surface area contributed by atoms with Crippen LogP contribution in [-0.4, -0.2) is 31.4 Å². The monoisotopic (exact) mass is 221 g/mol. The summed E-state index contributed by atoms with van der Waals surface area (Å²) in [4.78, 5) is 2.04. The summed E-state index contributed by atoms with van der Waals surface area (Å²) in [7, 11) is 4.01. The summed E-state index contributed by atoms with van der Waals surface area (Å²) in [6.45, 7) is 0. The zero-order valence-electron chi connectivity index (χ0n) is 9.89. The molecule has 0 aliphatic heterocycles. The maximum Gasteiger partial charge on any atom is 0.124 e. The Morgan fingerprint density at radius 1 is 1.31 bits per heavy atom. The minimum atomic E-state index is -0.303. The SMILES string of the molecule is CN(C)c1cccc(OC2CCCC2O)c1. The molecule has 3 heteroatoms. The van der Waals surface area contributed by atoms with Gasteiger partial charge in [-0.15, -0.1) is 0 Å². The van der Waals surface area contributed by atoms with E-state index in [1.807, 2.05) is 43.3 Å². The standard InChI is InChI=1S/C13H19NO2/c1-14(2)10-5-3-6-11(9-10)16-13-8-4-7-12(13)15/h3,5-6,9,12-13,15H,4,7-8H2,1-2H3. The largest absolute Gasteiger partial charge is 0.488 e. The Hall–Kier alpha value is -1.22. The fourth-order valence-corrected chi connectivity index (χ4v) is 2.05. The second kappa shape index (κ2) is 4.74. The van der Waals surface area contributed by atoms with Crippen molar-refractivity contribution < 1.29 is 9.84 Å². The molecule has 1 aliphatic carbocycles. The lowest BCUT2D eigenvalue weighted by molar-refractivity contribution is 0.0604. The van der Waals surface area contributed by atoms with Gasteiger partial charge in [-0.2, -0.15) is 0 Å². The maximum atomic E-state index is 9.69. The van der Waals surface area contributed by atoms with Crippen molar-refractivity contribution in [1.29, 1.82) is 0 Å². The van der Waals surface area contributed by atoms with Crippen LogP contribution in [0.4, 0.5) is 5.69 Å². The van der Waals surface area contributed by atoms with Crippen LogP contribution in [0.2, 0.25) is 0 Å². The predicted octanol–water partition coefficient (Wildman–Crippen LogP) is 2.04. The van der Waals surface area contributed by atoms with Gasteiger partial charge in [0.25, 0.3) is 0 Å². The normalized spacial score (nSPS) is 24.4. The Morgan fingerprint density at radius 3 is 2.75 bits per heavy atom. The summed E-state index contributed by atoms with van der Waals surface area (Å²) in [6, 6.07) is 7.97. The van der Waals surface area contributed by atoms with Crippen molar-refractivity contribution in [2.45, 2.75) is 31.5 Å². The van der Waals surface area contributed by atoms with Gasteiger partial charge in [-0.3, -0.25) is 0 Å². The summed E-state index contributed by atoms with van der Waals surface area (Å²) in [5.41, 5.74) is 1.12. The summed E-state index contributed by atoms with van der Waals surface area (Å²) in [5.74, 6) is 0.845. The molecule has 1 N–H and O–H groups in total. The fourth-order valence-electron chi connectivity index (χ4n) is 2.05. The molecule has 1 aliphatic rings. The molecule has 2 atom stereocenters. The van der Waals surface area contributed by atoms with Crippen molar-refractivity contribution in [2.24, 2.45) is 0 Å². The van der Waals surface area contributed by atoms with Gasteiger partial charge >= 0.3 is 0 Å². The molecular formula is C13H19NO2. The Labute approximate surface area is 96.6 Å².